The van der Waals surface area contributed by atoms with Crippen LogP contribution in [-0.2, 0) is 9.53 Å². The van der Waals surface area contributed by atoms with Crippen LogP contribution in [0.25, 0.3) is 0 Å². The van der Waals surface area contributed by atoms with E-state index in [1.165, 1.54) is 25.3 Å². The van der Waals surface area contributed by atoms with Gasteiger partial charge in [-0.2, -0.15) is 0 Å². The zero-order valence-corrected chi connectivity index (χ0v) is 11.4. The number of rotatable bonds is 6. The monoisotopic (exact) mass is 284 g/mol. The molecule has 20 heavy (non-hydrogen) atoms. The maximum atomic E-state index is 13.1. The third-order valence-electron chi connectivity index (χ3n) is 2.62. The Morgan fingerprint density at radius 2 is 2.15 bits per heavy atom. The Labute approximate surface area is 116 Å². The van der Waals surface area contributed by atoms with Gasteiger partial charge in [0.05, 0.1) is 6.61 Å². The molecule has 6 nitrogen and oxygen atoms in total. The molecule has 2 N–H and O–H groups in total. The predicted molar refractivity (Wildman–Crippen MR) is 71.2 cm³/mol. The van der Waals surface area contributed by atoms with Gasteiger partial charge in [0.1, 0.15) is 12.4 Å². The maximum absolute atomic E-state index is 13.1. The van der Waals surface area contributed by atoms with E-state index in [2.05, 4.69) is 5.32 Å². The summed E-state index contributed by atoms with van der Waals surface area (Å²) >= 11 is 0. The quantitative estimate of drug-likeness (QED) is 0.833. The Morgan fingerprint density at radius 3 is 2.75 bits per heavy atom. The molecule has 0 spiro atoms. The number of anilines is 1. The number of nitrogens with one attached hydrogen (secondary N) is 1. The molecule has 0 bridgehead atoms. The number of aryl methyl sites for hydroxylation is 1. The van der Waals surface area contributed by atoms with Gasteiger partial charge in [0.2, 0.25) is 0 Å². The molecule has 0 heterocycles. The fraction of sp³-hybridized carbons (Fsp3) is 0.385. The van der Waals surface area contributed by atoms with Crippen molar-refractivity contribution in [3.63, 3.8) is 0 Å². The smallest absolute Gasteiger partial charge is 0.323 e. The number of methoxy groups -OCH3 is 1. The molecule has 0 saturated heterocycles. The van der Waals surface area contributed by atoms with Crippen molar-refractivity contribution in [3.05, 3.63) is 29.6 Å². The Morgan fingerprint density at radius 1 is 1.45 bits per heavy atom. The first kappa shape index (κ1) is 15.9. The van der Waals surface area contributed by atoms with E-state index in [1.54, 1.807) is 6.92 Å². The number of benzene rings is 1. The minimum atomic E-state index is -1.13. The van der Waals surface area contributed by atoms with Crippen LogP contribution in [0.5, 0.6) is 0 Å². The highest BCUT2D eigenvalue weighted by atomic mass is 19.1. The molecule has 0 aliphatic heterocycles. The van der Waals surface area contributed by atoms with E-state index in [0.717, 1.165) is 4.90 Å². The molecule has 1 aromatic rings. The lowest BCUT2D eigenvalue weighted by Crippen LogP contribution is -2.40. The molecule has 0 atom stereocenters. The summed E-state index contributed by atoms with van der Waals surface area (Å²) in [6.45, 7) is 1.60. The van der Waals surface area contributed by atoms with Crippen LogP contribution in [0, 0.1) is 12.7 Å². The van der Waals surface area contributed by atoms with Gasteiger partial charge in [0, 0.05) is 19.3 Å². The second-order valence-electron chi connectivity index (χ2n) is 4.20. The van der Waals surface area contributed by atoms with E-state index in [0.29, 0.717) is 11.3 Å². The van der Waals surface area contributed by atoms with Crippen LogP contribution in [0.2, 0.25) is 0 Å². The lowest BCUT2D eigenvalue weighted by Gasteiger charge is -2.21. The van der Waals surface area contributed by atoms with Gasteiger partial charge >= 0.3 is 12.0 Å². The number of nitrogens with zero attached hydrogens (tertiary/aromatic N) is 1. The zero-order valence-electron chi connectivity index (χ0n) is 11.4. The Kier molecular flexibility index (Phi) is 5.92. The lowest BCUT2D eigenvalue weighted by molar-refractivity contribution is -0.137. The Bertz CT molecular complexity index is 493. The molecular weight excluding hydrogens is 267 g/mol. The third-order valence-corrected chi connectivity index (χ3v) is 2.62. The minimum absolute atomic E-state index is 0.128. The summed E-state index contributed by atoms with van der Waals surface area (Å²) in [5.41, 5.74) is 0.990. The van der Waals surface area contributed by atoms with Crippen molar-refractivity contribution in [3.8, 4) is 0 Å². The van der Waals surface area contributed by atoms with E-state index in [1.807, 2.05) is 0 Å². The molecule has 0 radical (unpaired) electrons. The molecular formula is C13H17FN2O4. The molecule has 0 aromatic heterocycles. The summed E-state index contributed by atoms with van der Waals surface area (Å²) in [4.78, 5) is 23.8. The number of aliphatic carboxylic acids is 1. The van der Waals surface area contributed by atoms with Crippen LogP contribution in [-0.4, -0.2) is 48.8 Å². The van der Waals surface area contributed by atoms with Crippen molar-refractivity contribution < 1.29 is 23.8 Å². The lowest BCUT2D eigenvalue weighted by atomic mass is 10.2. The number of carboxylic acid groups (broad SMARTS) is 1. The number of carbonyl (C=O) groups excluding carboxylic acids is 1. The minimum Gasteiger partial charge on any atom is -0.480 e. The summed E-state index contributed by atoms with van der Waals surface area (Å²) in [6.07, 6.45) is 0. The van der Waals surface area contributed by atoms with E-state index < -0.39 is 24.4 Å². The van der Waals surface area contributed by atoms with Crippen LogP contribution in [0.3, 0.4) is 0 Å². The van der Waals surface area contributed by atoms with Gasteiger partial charge in [0.15, 0.2) is 0 Å². The molecule has 7 heteroatoms. The summed E-state index contributed by atoms with van der Waals surface area (Å²) in [5.74, 6) is -1.61. The number of amides is 2. The average molecular weight is 284 g/mol. The van der Waals surface area contributed by atoms with E-state index >= 15 is 0 Å². The number of halogens is 1. The summed E-state index contributed by atoms with van der Waals surface area (Å²) < 4.78 is 18.0. The van der Waals surface area contributed by atoms with Gasteiger partial charge in [-0.15, -0.1) is 0 Å². The van der Waals surface area contributed by atoms with Gasteiger partial charge in [-0.25, -0.2) is 9.18 Å². The predicted octanol–water partition coefficient (Wildman–Crippen LogP) is 1.70. The van der Waals surface area contributed by atoms with E-state index in [9.17, 15) is 14.0 Å². The first-order valence-electron chi connectivity index (χ1n) is 5.97. The number of ether oxygens (including phenoxy) is 1. The molecule has 110 valence electrons. The van der Waals surface area contributed by atoms with E-state index in [4.69, 9.17) is 9.84 Å². The molecule has 0 aliphatic carbocycles. The first-order chi connectivity index (χ1) is 9.43. The van der Waals surface area contributed by atoms with Gasteiger partial charge in [0.25, 0.3) is 0 Å². The zero-order chi connectivity index (χ0) is 15.1. The molecule has 0 unspecified atom stereocenters. The highest BCUT2D eigenvalue weighted by molar-refractivity contribution is 5.92. The SMILES string of the molecule is COCCN(CC(=O)O)C(=O)Nc1cc(F)ccc1C. The van der Waals surface area contributed by atoms with Crippen molar-refractivity contribution in [2.75, 3.05) is 32.1 Å². The Hall–Kier alpha value is -2.15. The van der Waals surface area contributed by atoms with Crippen molar-refractivity contribution in [1.29, 1.82) is 0 Å². The molecule has 0 aliphatic rings. The van der Waals surface area contributed by atoms with Gasteiger partial charge < -0.3 is 20.1 Å². The van der Waals surface area contributed by atoms with Crippen LogP contribution < -0.4 is 5.32 Å². The third kappa shape index (κ3) is 4.85. The van der Waals surface area contributed by atoms with Crippen molar-refractivity contribution in [2.24, 2.45) is 0 Å². The van der Waals surface area contributed by atoms with Crippen molar-refractivity contribution in [2.45, 2.75) is 6.92 Å². The van der Waals surface area contributed by atoms with Gasteiger partial charge in [-0.1, -0.05) is 6.07 Å². The topological polar surface area (TPSA) is 78.9 Å². The number of carbonyl (C=O) groups is 2. The fourth-order valence-electron chi connectivity index (χ4n) is 1.54. The molecule has 1 aromatic carbocycles. The van der Waals surface area contributed by atoms with Crippen molar-refractivity contribution in [1.82, 2.24) is 4.90 Å². The summed E-state index contributed by atoms with van der Waals surface area (Å²) in [5, 5.41) is 11.3. The number of urea groups is 1. The van der Waals surface area contributed by atoms with Crippen molar-refractivity contribution >= 4 is 17.7 Å². The second kappa shape index (κ2) is 7.44. The fourth-order valence-corrected chi connectivity index (χ4v) is 1.54. The highest BCUT2D eigenvalue weighted by Gasteiger charge is 2.17. The van der Waals surface area contributed by atoms with Crippen LogP contribution in [0.4, 0.5) is 14.9 Å². The largest absolute Gasteiger partial charge is 0.480 e. The van der Waals surface area contributed by atoms with Crippen LogP contribution >= 0.6 is 0 Å². The molecule has 0 fully saturated rings. The first-order valence-corrected chi connectivity index (χ1v) is 5.97. The van der Waals surface area contributed by atoms with Crippen LogP contribution in [0.15, 0.2) is 18.2 Å². The number of hydrogen-bond acceptors (Lipinski definition) is 3. The standard InChI is InChI=1S/C13H17FN2O4/c1-9-3-4-10(14)7-11(9)15-13(19)16(5-6-20-2)8-12(17)18/h3-4,7H,5-6,8H2,1-2H3,(H,15,19)(H,17,18). The Balaban J connectivity index is 2.78. The van der Waals surface area contributed by atoms with Gasteiger partial charge in [-0.3, -0.25) is 4.79 Å². The van der Waals surface area contributed by atoms with Crippen LogP contribution in [0.1, 0.15) is 5.56 Å². The normalized spacial score (nSPS) is 10.2. The number of hydrogen-bond donors (Lipinski definition) is 2. The summed E-state index contributed by atoms with van der Waals surface area (Å²) in [6, 6.07) is 3.38. The maximum Gasteiger partial charge on any atom is 0.323 e. The molecule has 0 saturated carbocycles. The molecule has 1 rings (SSSR count). The second-order valence-corrected chi connectivity index (χ2v) is 4.20. The number of carboxylic acids is 1. The highest BCUT2D eigenvalue weighted by Crippen LogP contribution is 2.16. The van der Waals surface area contributed by atoms with Gasteiger partial charge in [-0.05, 0) is 24.6 Å². The average Bonchev–Trinajstić information content (AvgIpc) is 2.38. The molecule has 2 amide bonds. The van der Waals surface area contributed by atoms with E-state index in [-0.39, 0.29) is 13.2 Å². The summed E-state index contributed by atoms with van der Waals surface area (Å²) in [7, 11) is 1.45.